The zero-order valence-electron chi connectivity index (χ0n) is 17.6. The van der Waals surface area contributed by atoms with Crippen molar-refractivity contribution in [3.63, 3.8) is 0 Å². The van der Waals surface area contributed by atoms with Crippen LogP contribution in [0.3, 0.4) is 0 Å². The Balaban J connectivity index is 1.47. The van der Waals surface area contributed by atoms with Gasteiger partial charge in [0.25, 0.3) is 11.8 Å². The van der Waals surface area contributed by atoms with Gasteiger partial charge in [0.05, 0.1) is 9.80 Å². The van der Waals surface area contributed by atoms with Crippen LogP contribution in [0.15, 0.2) is 68.3 Å². The van der Waals surface area contributed by atoms with Gasteiger partial charge in [0.15, 0.2) is 16.9 Å². The maximum atomic E-state index is 12.9. The number of amidine groups is 1. The number of nitrogens with zero attached hydrogens (tertiary/aromatic N) is 2. The van der Waals surface area contributed by atoms with Crippen molar-refractivity contribution in [3.8, 4) is 5.75 Å². The number of hydrogen-bond donors (Lipinski definition) is 3. The SMILES string of the molecule is N=C1S/C(=C\c2cc(Br)ccc2OCC(=O)Nc2ccc(S(N)(=O)=O)cc2)C(=O)N1c1nccs1. The molecule has 10 nitrogen and oxygen atoms in total. The van der Waals surface area contributed by atoms with E-state index in [1.165, 1.54) is 40.5 Å². The summed E-state index contributed by atoms with van der Waals surface area (Å²) in [4.78, 5) is 30.8. The molecule has 1 aliphatic rings. The van der Waals surface area contributed by atoms with E-state index in [0.29, 0.717) is 27.0 Å². The monoisotopic (exact) mass is 593 g/mol. The molecule has 0 radical (unpaired) electrons. The van der Waals surface area contributed by atoms with E-state index in [-0.39, 0.29) is 22.6 Å². The Labute approximate surface area is 216 Å². The number of hydrogen-bond acceptors (Lipinski definition) is 9. The van der Waals surface area contributed by atoms with Crippen LogP contribution < -0.4 is 20.1 Å². The Morgan fingerprint density at radius 3 is 2.66 bits per heavy atom. The molecule has 1 fully saturated rings. The normalized spacial score (nSPS) is 15.0. The van der Waals surface area contributed by atoms with Gasteiger partial charge in [0.2, 0.25) is 10.0 Å². The van der Waals surface area contributed by atoms with Crippen molar-refractivity contribution in [2.45, 2.75) is 4.90 Å². The van der Waals surface area contributed by atoms with E-state index in [1.807, 2.05) is 0 Å². The zero-order valence-corrected chi connectivity index (χ0v) is 21.6. The smallest absolute Gasteiger partial charge is 0.273 e. The molecule has 0 atom stereocenters. The summed E-state index contributed by atoms with van der Waals surface area (Å²) < 4.78 is 29.1. The summed E-state index contributed by atoms with van der Waals surface area (Å²) in [6.45, 7) is -0.336. The van der Waals surface area contributed by atoms with Crippen molar-refractivity contribution >= 4 is 82.9 Å². The number of ether oxygens (including phenoxy) is 1. The number of halogens is 1. The van der Waals surface area contributed by atoms with Gasteiger partial charge in [0, 0.05) is 27.3 Å². The van der Waals surface area contributed by atoms with Crippen LogP contribution in [0, 0.1) is 5.41 Å². The van der Waals surface area contributed by atoms with Gasteiger partial charge in [-0.1, -0.05) is 15.9 Å². The Kier molecular flexibility index (Phi) is 7.37. The Bertz CT molecular complexity index is 1440. The summed E-state index contributed by atoms with van der Waals surface area (Å²) in [5.41, 5.74) is 0.909. The fourth-order valence-electron chi connectivity index (χ4n) is 2.96. The fourth-order valence-corrected chi connectivity index (χ4v) is 5.39. The highest BCUT2D eigenvalue weighted by Gasteiger charge is 2.35. The average molecular weight is 594 g/mol. The lowest BCUT2D eigenvalue weighted by atomic mass is 10.2. The first-order valence-corrected chi connectivity index (χ1v) is 13.7. The maximum absolute atomic E-state index is 12.9. The lowest BCUT2D eigenvalue weighted by Gasteiger charge is -2.11. The summed E-state index contributed by atoms with van der Waals surface area (Å²) in [5.74, 6) is -0.493. The van der Waals surface area contributed by atoms with Crippen LogP contribution in [0.5, 0.6) is 5.75 Å². The lowest BCUT2D eigenvalue weighted by Crippen LogP contribution is -2.27. The molecule has 2 amide bonds. The second kappa shape index (κ2) is 10.3. The first kappa shape index (κ1) is 25.1. The molecular weight excluding hydrogens is 578 g/mol. The topological polar surface area (TPSA) is 156 Å². The fraction of sp³-hybridized carbons (Fsp3) is 0.0476. The Morgan fingerprint density at radius 1 is 1.26 bits per heavy atom. The van der Waals surface area contributed by atoms with Crippen LogP contribution in [-0.4, -0.2) is 37.0 Å². The van der Waals surface area contributed by atoms with E-state index < -0.39 is 15.9 Å². The lowest BCUT2D eigenvalue weighted by molar-refractivity contribution is -0.118. The number of carbonyl (C=O) groups is 2. The van der Waals surface area contributed by atoms with Gasteiger partial charge in [-0.05, 0) is 60.3 Å². The number of primary sulfonamides is 1. The van der Waals surface area contributed by atoms with Crippen molar-refractivity contribution in [2.24, 2.45) is 5.14 Å². The van der Waals surface area contributed by atoms with Gasteiger partial charge >= 0.3 is 0 Å². The molecule has 0 unspecified atom stereocenters. The van der Waals surface area contributed by atoms with Crippen molar-refractivity contribution < 1.29 is 22.7 Å². The molecule has 180 valence electrons. The van der Waals surface area contributed by atoms with E-state index in [2.05, 4.69) is 26.2 Å². The number of benzene rings is 2. The first-order valence-electron chi connectivity index (χ1n) is 9.69. The number of nitrogens with two attached hydrogens (primary N) is 1. The van der Waals surface area contributed by atoms with Crippen LogP contribution >= 0.6 is 39.0 Å². The summed E-state index contributed by atoms with van der Waals surface area (Å²) in [6.07, 6.45) is 3.16. The molecule has 1 aliphatic heterocycles. The van der Waals surface area contributed by atoms with Crippen LogP contribution in [0.4, 0.5) is 10.8 Å². The summed E-state index contributed by atoms with van der Waals surface area (Å²) in [7, 11) is -3.83. The standard InChI is InChI=1S/C21H16BrN5O5S3/c22-13-1-6-16(32-11-18(28)26-14-2-4-15(5-3-14)35(24,30)31)12(9-13)10-17-19(29)27(20(23)34-17)21-25-7-8-33-21/h1-10,23H,11H2,(H,26,28)(H2,24,30,31)/b17-10-,23-20?. The van der Waals surface area contributed by atoms with Gasteiger partial charge in [-0.2, -0.15) is 0 Å². The third-order valence-electron chi connectivity index (χ3n) is 4.52. The number of anilines is 2. The van der Waals surface area contributed by atoms with Crippen LogP contribution in [0.25, 0.3) is 6.08 Å². The number of nitrogens with one attached hydrogen (secondary N) is 2. The largest absolute Gasteiger partial charge is 0.483 e. The molecule has 14 heteroatoms. The molecule has 4 rings (SSSR count). The van der Waals surface area contributed by atoms with Crippen molar-refractivity contribution in [2.75, 3.05) is 16.8 Å². The van der Waals surface area contributed by atoms with Gasteiger partial charge in [-0.15, -0.1) is 11.3 Å². The highest BCUT2D eigenvalue weighted by Crippen LogP contribution is 2.37. The summed E-state index contributed by atoms with van der Waals surface area (Å²) in [6, 6.07) is 10.5. The second-order valence-electron chi connectivity index (χ2n) is 6.96. The predicted molar refractivity (Wildman–Crippen MR) is 139 cm³/mol. The molecule has 1 aromatic heterocycles. The van der Waals surface area contributed by atoms with Crippen molar-refractivity contribution in [1.29, 1.82) is 5.41 Å². The molecule has 0 aliphatic carbocycles. The van der Waals surface area contributed by atoms with E-state index in [9.17, 15) is 18.0 Å². The maximum Gasteiger partial charge on any atom is 0.273 e. The number of thioether (sulfide) groups is 1. The van der Waals surface area contributed by atoms with Crippen LogP contribution in [0.1, 0.15) is 5.56 Å². The van der Waals surface area contributed by atoms with E-state index >= 15 is 0 Å². The van der Waals surface area contributed by atoms with E-state index in [1.54, 1.807) is 35.9 Å². The molecule has 4 N–H and O–H groups in total. The van der Waals surface area contributed by atoms with Gasteiger partial charge < -0.3 is 10.1 Å². The predicted octanol–water partition coefficient (Wildman–Crippen LogP) is 3.63. The molecule has 0 bridgehead atoms. The van der Waals surface area contributed by atoms with Gasteiger partial charge in [0.1, 0.15) is 5.75 Å². The number of thiazole rings is 1. The molecule has 0 saturated carbocycles. The number of amides is 2. The highest BCUT2D eigenvalue weighted by atomic mass is 79.9. The minimum absolute atomic E-state index is 0.0431. The summed E-state index contributed by atoms with van der Waals surface area (Å²) in [5, 5.41) is 18.0. The molecule has 2 heterocycles. The number of sulfonamides is 1. The third kappa shape index (κ3) is 5.97. The van der Waals surface area contributed by atoms with E-state index in [4.69, 9.17) is 15.3 Å². The molecule has 0 spiro atoms. The first-order chi connectivity index (χ1) is 16.6. The third-order valence-corrected chi connectivity index (χ3v) is 7.59. The van der Waals surface area contributed by atoms with E-state index in [0.717, 1.165) is 16.2 Å². The number of carbonyl (C=O) groups excluding carboxylic acids is 2. The minimum Gasteiger partial charge on any atom is -0.483 e. The van der Waals surface area contributed by atoms with Crippen LogP contribution in [-0.2, 0) is 19.6 Å². The molecule has 1 saturated heterocycles. The van der Waals surface area contributed by atoms with Crippen molar-refractivity contribution in [3.05, 3.63) is 69.0 Å². The molecule has 3 aromatic rings. The van der Waals surface area contributed by atoms with Gasteiger partial charge in [-0.3, -0.25) is 15.0 Å². The molecule has 35 heavy (non-hydrogen) atoms. The van der Waals surface area contributed by atoms with Crippen LogP contribution in [0.2, 0.25) is 0 Å². The van der Waals surface area contributed by atoms with Gasteiger partial charge in [-0.25, -0.2) is 23.4 Å². The Hall–Kier alpha value is -3.04. The highest BCUT2D eigenvalue weighted by molar-refractivity contribution is 9.10. The molecule has 2 aromatic carbocycles. The average Bonchev–Trinajstić information content (AvgIpc) is 3.41. The second-order valence-corrected chi connectivity index (χ2v) is 11.3. The molecular formula is C21H16BrN5O5S3. The minimum atomic E-state index is -3.83. The zero-order chi connectivity index (χ0) is 25.2. The van der Waals surface area contributed by atoms with Crippen molar-refractivity contribution in [1.82, 2.24) is 4.98 Å². The number of aromatic nitrogens is 1. The number of rotatable bonds is 7. The Morgan fingerprint density at radius 2 is 2.00 bits per heavy atom. The summed E-state index contributed by atoms with van der Waals surface area (Å²) >= 11 is 5.65. The quantitative estimate of drug-likeness (QED) is 0.353.